The molecule has 0 spiro atoms. The van der Waals surface area contributed by atoms with E-state index in [1.807, 2.05) is 12.1 Å². The van der Waals surface area contributed by atoms with Gasteiger partial charge in [-0.1, -0.05) is 57.9 Å². The number of hydrogen-bond donors (Lipinski definition) is 2. The van der Waals surface area contributed by atoms with Crippen molar-refractivity contribution >= 4 is 12.6 Å². The van der Waals surface area contributed by atoms with Crippen LogP contribution in [0.15, 0.2) is 24.3 Å². The van der Waals surface area contributed by atoms with Gasteiger partial charge in [-0.3, -0.25) is 4.90 Å². The van der Waals surface area contributed by atoms with Crippen molar-refractivity contribution in [2.45, 2.75) is 40.2 Å². The van der Waals surface area contributed by atoms with E-state index in [1.54, 1.807) is 12.1 Å². The zero-order valence-corrected chi connectivity index (χ0v) is 12.3. The fourth-order valence-corrected chi connectivity index (χ4v) is 2.27. The normalized spacial score (nSPS) is 11.3. The van der Waals surface area contributed by atoms with E-state index in [0.717, 1.165) is 25.6 Å². The molecule has 1 aromatic rings. The second-order valence-corrected chi connectivity index (χ2v) is 5.13. The highest BCUT2D eigenvalue weighted by molar-refractivity contribution is 6.58. The first-order valence-corrected chi connectivity index (χ1v) is 7.27. The molecule has 0 aliphatic heterocycles. The van der Waals surface area contributed by atoms with E-state index in [1.165, 1.54) is 18.4 Å². The smallest absolute Gasteiger partial charge is 0.423 e. The predicted molar refractivity (Wildman–Crippen MR) is 81.3 cm³/mol. The molecule has 4 heteroatoms. The maximum atomic E-state index is 9.07. The van der Waals surface area contributed by atoms with Gasteiger partial charge in [0, 0.05) is 13.1 Å². The zero-order chi connectivity index (χ0) is 14.3. The number of benzene rings is 1. The fourth-order valence-electron chi connectivity index (χ4n) is 2.27. The third-order valence-corrected chi connectivity index (χ3v) is 3.80. The molecule has 0 aliphatic rings. The van der Waals surface area contributed by atoms with Crippen LogP contribution in [0.25, 0.3) is 0 Å². The van der Waals surface area contributed by atoms with Gasteiger partial charge in [0.2, 0.25) is 0 Å². The van der Waals surface area contributed by atoms with Crippen LogP contribution in [-0.2, 0) is 6.54 Å². The minimum absolute atomic E-state index is 0.548. The van der Waals surface area contributed by atoms with E-state index >= 15 is 0 Å². The van der Waals surface area contributed by atoms with Crippen molar-refractivity contribution < 1.29 is 10.0 Å². The van der Waals surface area contributed by atoms with Crippen molar-refractivity contribution in [1.29, 1.82) is 0 Å². The topological polar surface area (TPSA) is 43.7 Å². The molecule has 0 heterocycles. The highest BCUT2D eigenvalue weighted by Crippen LogP contribution is 2.12. The summed E-state index contributed by atoms with van der Waals surface area (Å²) >= 11 is 0. The minimum atomic E-state index is -1.37. The lowest BCUT2D eigenvalue weighted by Gasteiger charge is -2.25. The second kappa shape index (κ2) is 8.36. The predicted octanol–water partition coefficient (Wildman–Crippen LogP) is 1.62. The molecule has 0 amide bonds. The Balaban J connectivity index is 2.60. The molecular weight excluding hydrogens is 237 g/mol. The summed E-state index contributed by atoms with van der Waals surface area (Å²) in [6.45, 7) is 9.79. The van der Waals surface area contributed by atoms with E-state index in [2.05, 4.69) is 25.7 Å². The van der Waals surface area contributed by atoms with Crippen LogP contribution in [0.3, 0.4) is 0 Å². The lowest BCUT2D eigenvalue weighted by molar-refractivity contribution is 0.226. The SMILES string of the molecule is CCC(CC)CN(CC)Cc1ccc(B(O)O)cc1. The van der Waals surface area contributed by atoms with Gasteiger partial charge in [0.25, 0.3) is 0 Å². The van der Waals surface area contributed by atoms with Gasteiger partial charge in [-0.05, 0) is 23.5 Å². The molecule has 0 saturated heterocycles. The molecule has 0 fully saturated rings. The summed E-state index contributed by atoms with van der Waals surface area (Å²) in [6, 6.07) is 7.52. The van der Waals surface area contributed by atoms with Crippen LogP contribution >= 0.6 is 0 Å². The number of nitrogens with zero attached hydrogens (tertiary/aromatic N) is 1. The van der Waals surface area contributed by atoms with Crippen LogP contribution in [0, 0.1) is 5.92 Å². The Labute approximate surface area is 117 Å². The van der Waals surface area contributed by atoms with Crippen LogP contribution in [-0.4, -0.2) is 35.2 Å². The third-order valence-electron chi connectivity index (χ3n) is 3.80. The van der Waals surface area contributed by atoms with E-state index < -0.39 is 7.12 Å². The summed E-state index contributed by atoms with van der Waals surface area (Å²) in [5.41, 5.74) is 1.77. The van der Waals surface area contributed by atoms with Crippen molar-refractivity contribution in [1.82, 2.24) is 4.90 Å². The molecule has 2 N–H and O–H groups in total. The quantitative estimate of drug-likeness (QED) is 0.700. The van der Waals surface area contributed by atoms with Gasteiger partial charge < -0.3 is 10.0 Å². The van der Waals surface area contributed by atoms with Crippen molar-refractivity contribution in [3.05, 3.63) is 29.8 Å². The largest absolute Gasteiger partial charge is 0.488 e. The molecular formula is C15H26BNO2. The molecule has 0 aliphatic carbocycles. The molecule has 0 radical (unpaired) electrons. The first kappa shape index (κ1) is 16.2. The maximum Gasteiger partial charge on any atom is 0.488 e. The summed E-state index contributed by atoms with van der Waals surface area (Å²) in [5, 5.41) is 18.1. The van der Waals surface area contributed by atoms with E-state index in [4.69, 9.17) is 10.0 Å². The molecule has 1 rings (SSSR count). The Bertz CT molecular complexity index is 350. The van der Waals surface area contributed by atoms with Crippen molar-refractivity contribution in [2.24, 2.45) is 5.92 Å². The summed E-state index contributed by atoms with van der Waals surface area (Å²) < 4.78 is 0. The van der Waals surface area contributed by atoms with Crippen LogP contribution in [0.5, 0.6) is 0 Å². The lowest BCUT2D eigenvalue weighted by atomic mass is 9.80. The van der Waals surface area contributed by atoms with E-state index in [9.17, 15) is 0 Å². The molecule has 0 saturated carbocycles. The van der Waals surface area contributed by atoms with Crippen molar-refractivity contribution in [2.75, 3.05) is 13.1 Å². The summed E-state index contributed by atoms with van der Waals surface area (Å²) in [6.07, 6.45) is 2.45. The average molecular weight is 263 g/mol. The van der Waals surface area contributed by atoms with Crippen LogP contribution in [0.4, 0.5) is 0 Å². The highest BCUT2D eigenvalue weighted by Gasteiger charge is 2.12. The molecule has 19 heavy (non-hydrogen) atoms. The standard InChI is InChI=1S/C15H26BNO2/c1-4-13(5-2)11-17(6-3)12-14-7-9-15(10-8-14)16(18)19/h7-10,13,18-19H,4-6,11-12H2,1-3H3. The minimum Gasteiger partial charge on any atom is -0.423 e. The summed E-state index contributed by atoms with van der Waals surface area (Å²) in [7, 11) is -1.37. The average Bonchev–Trinajstić information content (AvgIpc) is 2.43. The molecule has 3 nitrogen and oxygen atoms in total. The van der Waals surface area contributed by atoms with Gasteiger partial charge in [0.05, 0.1) is 0 Å². The first-order valence-electron chi connectivity index (χ1n) is 7.27. The van der Waals surface area contributed by atoms with Gasteiger partial charge >= 0.3 is 7.12 Å². The zero-order valence-electron chi connectivity index (χ0n) is 12.3. The van der Waals surface area contributed by atoms with Crippen molar-refractivity contribution in [3.8, 4) is 0 Å². The molecule has 0 bridgehead atoms. The molecule has 1 aromatic carbocycles. The van der Waals surface area contributed by atoms with Crippen LogP contribution < -0.4 is 5.46 Å². The lowest BCUT2D eigenvalue weighted by Crippen LogP contribution is -2.31. The molecule has 0 unspecified atom stereocenters. The Hall–Kier alpha value is -0.835. The van der Waals surface area contributed by atoms with Crippen LogP contribution in [0.1, 0.15) is 39.2 Å². The van der Waals surface area contributed by atoms with Gasteiger partial charge in [-0.25, -0.2) is 0 Å². The Morgan fingerprint density at radius 1 is 1.05 bits per heavy atom. The van der Waals surface area contributed by atoms with E-state index in [-0.39, 0.29) is 0 Å². The van der Waals surface area contributed by atoms with Gasteiger partial charge in [-0.15, -0.1) is 0 Å². The number of rotatable bonds is 8. The van der Waals surface area contributed by atoms with Gasteiger partial charge in [-0.2, -0.15) is 0 Å². The number of hydrogen-bond acceptors (Lipinski definition) is 3. The monoisotopic (exact) mass is 263 g/mol. The van der Waals surface area contributed by atoms with Gasteiger partial charge in [0.1, 0.15) is 0 Å². The first-order chi connectivity index (χ1) is 9.10. The molecule has 106 valence electrons. The summed E-state index contributed by atoms with van der Waals surface area (Å²) in [5.74, 6) is 0.762. The second-order valence-electron chi connectivity index (χ2n) is 5.13. The third kappa shape index (κ3) is 5.35. The van der Waals surface area contributed by atoms with E-state index in [0.29, 0.717) is 5.46 Å². The maximum absolute atomic E-state index is 9.07. The molecule has 0 aromatic heterocycles. The van der Waals surface area contributed by atoms with Crippen LogP contribution in [0.2, 0.25) is 0 Å². The van der Waals surface area contributed by atoms with Crippen molar-refractivity contribution in [3.63, 3.8) is 0 Å². The summed E-state index contributed by atoms with van der Waals surface area (Å²) in [4.78, 5) is 2.45. The van der Waals surface area contributed by atoms with Gasteiger partial charge in [0.15, 0.2) is 0 Å². The highest BCUT2D eigenvalue weighted by atomic mass is 16.4. The Kier molecular flexibility index (Phi) is 7.14. The Morgan fingerprint density at radius 3 is 2.05 bits per heavy atom. The molecule has 0 atom stereocenters. The fraction of sp³-hybridized carbons (Fsp3) is 0.600. The Morgan fingerprint density at radius 2 is 1.63 bits per heavy atom.